The second-order valence-electron chi connectivity index (χ2n) is 8.35. The summed E-state index contributed by atoms with van der Waals surface area (Å²) in [6, 6.07) is 0.304. The normalized spacial score (nSPS) is 38.7. The fraction of sp³-hybridized carbons (Fsp3) is 0.895. The van der Waals surface area contributed by atoms with Gasteiger partial charge in [0.25, 0.3) is 5.91 Å². The number of ether oxygens (including phenoxy) is 1. The monoisotopic (exact) mass is 349 g/mol. The highest BCUT2D eigenvalue weighted by atomic mass is 16.5. The molecule has 0 radical (unpaired) electrons. The Bertz CT molecular complexity index is 498. The number of piperazine rings is 1. The second-order valence-corrected chi connectivity index (χ2v) is 8.35. The average Bonchev–Trinajstić information content (AvgIpc) is 3.15. The molecule has 6 heteroatoms. The summed E-state index contributed by atoms with van der Waals surface area (Å²) in [6.07, 6.45) is 7.13. The summed E-state index contributed by atoms with van der Waals surface area (Å²) in [5.41, 5.74) is 6.36. The molecule has 2 aliphatic heterocycles. The van der Waals surface area contributed by atoms with E-state index in [9.17, 15) is 9.59 Å². The first-order valence-electron chi connectivity index (χ1n) is 10.1. The van der Waals surface area contributed by atoms with E-state index < -0.39 is 0 Å². The molecule has 2 saturated carbocycles. The Balaban J connectivity index is 1.30. The third-order valence-corrected chi connectivity index (χ3v) is 6.87. The van der Waals surface area contributed by atoms with Crippen LogP contribution in [0.1, 0.15) is 44.9 Å². The maximum atomic E-state index is 13.0. The van der Waals surface area contributed by atoms with Gasteiger partial charge in [-0.15, -0.1) is 0 Å². The van der Waals surface area contributed by atoms with Crippen molar-refractivity contribution in [1.82, 2.24) is 9.80 Å². The highest BCUT2D eigenvalue weighted by Gasteiger charge is 2.42. The molecule has 2 aliphatic carbocycles. The minimum absolute atomic E-state index is 0.114. The van der Waals surface area contributed by atoms with Gasteiger partial charge in [0.05, 0.1) is 0 Å². The van der Waals surface area contributed by atoms with E-state index in [1.165, 1.54) is 19.3 Å². The number of amides is 2. The lowest BCUT2D eigenvalue weighted by Crippen LogP contribution is -2.55. The quantitative estimate of drug-likeness (QED) is 0.807. The van der Waals surface area contributed by atoms with Crippen molar-refractivity contribution in [1.29, 1.82) is 0 Å². The van der Waals surface area contributed by atoms with Gasteiger partial charge in [-0.1, -0.05) is 6.42 Å². The SMILES string of the molecule is NC1C2CCCC1CC(C(=O)N1CCN(C(=O)C3CCCO3)CC1)C2. The van der Waals surface area contributed by atoms with Crippen LogP contribution in [0.3, 0.4) is 0 Å². The molecule has 6 nitrogen and oxygen atoms in total. The van der Waals surface area contributed by atoms with Gasteiger partial charge in [0.2, 0.25) is 5.91 Å². The van der Waals surface area contributed by atoms with Crippen molar-refractivity contribution < 1.29 is 14.3 Å². The molecule has 2 N–H and O–H groups in total. The summed E-state index contributed by atoms with van der Waals surface area (Å²) < 4.78 is 5.51. The van der Waals surface area contributed by atoms with E-state index in [1.807, 2.05) is 9.80 Å². The first kappa shape index (κ1) is 17.3. The van der Waals surface area contributed by atoms with Crippen LogP contribution in [0.15, 0.2) is 0 Å². The number of hydrogen-bond acceptors (Lipinski definition) is 4. The second kappa shape index (κ2) is 7.23. The molecule has 4 rings (SSSR count). The third-order valence-electron chi connectivity index (χ3n) is 6.87. The molecular formula is C19H31N3O3. The molecule has 0 spiro atoms. The molecule has 3 atom stereocenters. The highest BCUT2D eigenvalue weighted by molar-refractivity contribution is 5.82. The highest BCUT2D eigenvalue weighted by Crippen LogP contribution is 2.42. The Morgan fingerprint density at radius 2 is 1.44 bits per heavy atom. The molecule has 3 unspecified atom stereocenters. The van der Waals surface area contributed by atoms with Crippen molar-refractivity contribution in [2.45, 2.75) is 57.1 Å². The summed E-state index contributed by atoms with van der Waals surface area (Å²) in [7, 11) is 0. The van der Waals surface area contributed by atoms with Crippen molar-refractivity contribution in [2.24, 2.45) is 23.5 Å². The Hall–Kier alpha value is -1.14. The van der Waals surface area contributed by atoms with Gasteiger partial charge in [-0.2, -0.15) is 0 Å². The van der Waals surface area contributed by atoms with E-state index in [0.717, 1.165) is 25.7 Å². The summed E-state index contributed by atoms with van der Waals surface area (Å²) >= 11 is 0. The van der Waals surface area contributed by atoms with E-state index in [0.29, 0.717) is 56.6 Å². The lowest BCUT2D eigenvalue weighted by Gasteiger charge is -2.45. The van der Waals surface area contributed by atoms with Crippen LogP contribution in [0.2, 0.25) is 0 Å². The lowest BCUT2D eigenvalue weighted by atomic mass is 9.65. The molecule has 2 heterocycles. The molecular weight excluding hydrogens is 318 g/mol. The van der Waals surface area contributed by atoms with Crippen molar-refractivity contribution in [3.05, 3.63) is 0 Å². The first-order valence-corrected chi connectivity index (χ1v) is 10.1. The zero-order chi connectivity index (χ0) is 17.4. The van der Waals surface area contributed by atoms with Gasteiger partial charge in [0.1, 0.15) is 6.10 Å². The fourth-order valence-corrected chi connectivity index (χ4v) is 5.37. The Morgan fingerprint density at radius 3 is 2.00 bits per heavy atom. The van der Waals surface area contributed by atoms with E-state index in [2.05, 4.69) is 0 Å². The van der Waals surface area contributed by atoms with Crippen LogP contribution in [0.4, 0.5) is 0 Å². The number of nitrogens with zero attached hydrogens (tertiary/aromatic N) is 2. The van der Waals surface area contributed by atoms with E-state index in [4.69, 9.17) is 10.5 Å². The van der Waals surface area contributed by atoms with Crippen molar-refractivity contribution in [3.8, 4) is 0 Å². The largest absolute Gasteiger partial charge is 0.368 e. The van der Waals surface area contributed by atoms with E-state index in [-0.39, 0.29) is 17.9 Å². The molecule has 4 aliphatic rings. The maximum Gasteiger partial charge on any atom is 0.251 e. The fourth-order valence-electron chi connectivity index (χ4n) is 5.37. The maximum absolute atomic E-state index is 13.0. The van der Waals surface area contributed by atoms with Crippen LogP contribution in [0, 0.1) is 17.8 Å². The molecule has 2 amide bonds. The van der Waals surface area contributed by atoms with Crippen molar-refractivity contribution >= 4 is 11.8 Å². The number of rotatable bonds is 2. The van der Waals surface area contributed by atoms with Crippen molar-refractivity contribution in [2.75, 3.05) is 32.8 Å². The molecule has 2 saturated heterocycles. The zero-order valence-electron chi connectivity index (χ0n) is 15.1. The van der Waals surface area contributed by atoms with E-state index >= 15 is 0 Å². The summed E-state index contributed by atoms with van der Waals surface area (Å²) in [5, 5.41) is 0. The predicted molar refractivity (Wildman–Crippen MR) is 93.7 cm³/mol. The first-order chi connectivity index (χ1) is 12.1. The molecule has 0 aromatic carbocycles. The number of carbonyl (C=O) groups is 2. The van der Waals surface area contributed by atoms with Gasteiger partial charge in [0, 0.05) is 44.7 Å². The zero-order valence-corrected chi connectivity index (χ0v) is 15.1. The summed E-state index contributed by atoms with van der Waals surface area (Å²) in [6.45, 7) is 3.30. The van der Waals surface area contributed by atoms with Crippen LogP contribution in [-0.2, 0) is 14.3 Å². The molecule has 0 aromatic rings. The van der Waals surface area contributed by atoms with Crippen LogP contribution in [-0.4, -0.2) is 66.5 Å². The molecule has 0 aromatic heterocycles. The van der Waals surface area contributed by atoms with Crippen LogP contribution >= 0.6 is 0 Å². The van der Waals surface area contributed by atoms with Crippen LogP contribution in [0.5, 0.6) is 0 Å². The minimum atomic E-state index is -0.249. The standard InChI is InChI=1S/C19H31N3O3/c20-17-13-3-1-4-14(17)12-15(11-13)18(23)21-6-8-22(9-7-21)19(24)16-5-2-10-25-16/h13-17H,1-12,20H2. The molecule has 140 valence electrons. The smallest absolute Gasteiger partial charge is 0.251 e. The lowest BCUT2D eigenvalue weighted by molar-refractivity contribution is -0.148. The summed E-state index contributed by atoms with van der Waals surface area (Å²) in [4.78, 5) is 29.3. The van der Waals surface area contributed by atoms with Gasteiger partial charge >= 0.3 is 0 Å². The third kappa shape index (κ3) is 3.43. The van der Waals surface area contributed by atoms with Crippen LogP contribution < -0.4 is 5.73 Å². The average molecular weight is 349 g/mol. The molecule has 4 fully saturated rings. The van der Waals surface area contributed by atoms with E-state index in [1.54, 1.807) is 0 Å². The van der Waals surface area contributed by atoms with Crippen LogP contribution in [0.25, 0.3) is 0 Å². The predicted octanol–water partition coefficient (Wildman–Crippen LogP) is 0.990. The number of nitrogens with two attached hydrogens (primary N) is 1. The topological polar surface area (TPSA) is 75.9 Å². The molecule has 2 bridgehead atoms. The van der Waals surface area contributed by atoms with Gasteiger partial charge < -0.3 is 20.3 Å². The number of carbonyl (C=O) groups excluding carboxylic acids is 2. The molecule has 25 heavy (non-hydrogen) atoms. The van der Waals surface area contributed by atoms with Gasteiger partial charge in [-0.05, 0) is 50.4 Å². The van der Waals surface area contributed by atoms with Gasteiger partial charge in [-0.25, -0.2) is 0 Å². The van der Waals surface area contributed by atoms with Crippen molar-refractivity contribution in [3.63, 3.8) is 0 Å². The Morgan fingerprint density at radius 1 is 0.840 bits per heavy atom. The van der Waals surface area contributed by atoms with Gasteiger partial charge in [-0.3, -0.25) is 9.59 Å². The number of fused-ring (bicyclic) bond motifs is 2. The Kier molecular flexibility index (Phi) is 5.00. The number of hydrogen-bond donors (Lipinski definition) is 1. The van der Waals surface area contributed by atoms with Gasteiger partial charge in [0.15, 0.2) is 0 Å². The Labute approximate surface area is 150 Å². The minimum Gasteiger partial charge on any atom is -0.368 e. The summed E-state index contributed by atoms with van der Waals surface area (Å²) in [5.74, 6) is 1.62.